The molecule has 92 valence electrons. The van der Waals surface area contributed by atoms with Crippen LogP contribution in [0.5, 0.6) is 0 Å². The van der Waals surface area contributed by atoms with E-state index in [1.165, 1.54) is 51.4 Å². The molecule has 16 heavy (non-hydrogen) atoms. The molecule has 0 saturated heterocycles. The molecular weight excluding hydrogens is 199 g/mol. The molecule has 1 rings (SSSR count). The molecule has 1 aliphatic rings. The van der Waals surface area contributed by atoms with Gasteiger partial charge in [-0.2, -0.15) is 0 Å². The average molecular weight is 224 g/mol. The molecule has 0 unspecified atom stereocenters. The number of nitrogens with one attached hydrogen (secondary N) is 1. The second kappa shape index (κ2) is 6.82. The van der Waals surface area contributed by atoms with Crippen molar-refractivity contribution in [2.24, 2.45) is 5.73 Å². The molecule has 0 aromatic heterocycles. The first kappa shape index (κ1) is 13.4. The third-order valence-electron chi connectivity index (χ3n) is 3.63. The van der Waals surface area contributed by atoms with E-state index in [9.17, 15) is 4.79 Å². The number of primary amides is 1. The van der Waals surface area contributed by atoms with E-state index in [0.29, 0.717) is 0 Å². The zero-order chi connectivity index (χ0) is 11.9. The van der Waals surface area contributed by atoms with Crippen LogP contribution in [-0.2, 0) is 0 Å². The fourth-order valence-corrected chi connectivity index (χ4v) is 2.64. The summed E-state index contributed by atoms with van der Waals surface area (Å²) in [6, 6.07) is -0.377. The summed E-state index contributed by atoms with van der Waals surface area (Å²) in [6.45, 7) is 0. The van der Waals surface area contributed by atoms with Crippen molar-refractivity contribution < 1.29 is 4.79 Å². The number of hydrogen-bond donors (Lipinski definition) is 2. The number of hydrogen-bond acceptors (Lipinski definition) is 1. The van der Waals surface area contributed by atoms with Crippen molar-refractivity contribution >= 4 is 13.9 Å². The van der Waals surface area contributed by atoms with Gasteiger partial charge in [0.1, 0.15) is 7.85 Å². The normalized spacial score (nSPS) is 23.0. The fourth-order valence-electron chi connectivity index (χ4n) is 2.64. The Bertz CT molecular complexity index is 209. The van der Waals surface area contributed by atoms with Gasteiger partial charge in [0.2, 0.25) is 0 Å². The highest BCUT2D eigenvalue weighted by Crippen LogP contribution is 2.22. The fraction of sp³-hybridized carbons (Fsp3) is 0.917. The molecule has 0 bridgehead atoms. The maximum absolute atomic E-state index is 11.0. The lowest BCUT2D eigenvalue weighted by Crippen LogP contribution is -2.51. The molecule has 1 aliphatic carbocycles. The average Bonchev–Trinajstić information content (AvgIpc) is 2.23. The van der Waals surface area contributed by atoms with Gasteiger partial charge < -0.3 is 11.1 Å². The molecule has 3 N–H and O–H groups in total. The van der Waals surface area contributed by atoms with Crippen LogP contribution in [0.3, 0.4) is 0 Å². The predicted octanol–water partition coefficient (Wildman–Crippen LogP) is 1.90. The van der Waals surface area contributed by atoms with Crippen LogP contribution in [-0.4, -0.2) is 19.3 Å². The highest BCUT2D eigenvalue weighted by atomic mass is 16.2. The Kier molecular flexibility index (Phi) is 5.71. The van der Waals surface area contributed by atoms with Crippen molar-refractivity contribution in [1.82, 2.24) is 5.32 Å². The molecule has 3 nitrogen and oxygen atoms in total. The van der Waals surface area contributed by atoms with Crippen LogP contribution in [0, 0.1) is 0 Å². The molecule has 2 amide bonds. The Balaban J connectivity index is 2.46. The van der Waals surface area contributed by atoms with Gasteiger partial charge in [0.25, 0.3) is 0 Å². The van der Waals surface area contributed by atoms with Crippen molar-refractivity contribution in [2.75, 3.05) is 0 Å². The summed E-state index contributed by atoms with van der Waals surface area (Å²) in [7, 11) is 2.13. The lowest BCUT2D eigenvalue weighted by Gasteiger charge is -2.30. The molecule has 0 radical (unpaired) electrons. The first-order valence-electron chi connectivity index (χ1n) is 6.70. The van der Waals surface area contributed by atoms with Crippen LogP contribution in [0.4, 0.5) is 4.79 Å². The molecule has 0 aromatic carbocycles. The van der Waals surface area contributed by atoms with Gasteiger partial charge in [-0.3, -0.25) is 0 Å². The maximum atomic E-state index is 11.0. The smallest absolute Gasteiger partial charge is 0.311 e. The third-order valence-corrected chi connectivity index (χ3v) is 3.63. The number of nitrogens with two attached hydrogens (primary N) is 1. The van der Waals surface area contributed by atoms with Crippen LogP contribution in [0.2, 0.25) is 0 Å². The van der Waals surface area contributed by atoms with Crippen molar-refractivity contribution in [2.45, 2.75) is 69.6 Å². The Morgan fingerprint density at radius 1 is 0.938 bits per heavy atom. The summed E-state index contributed by atoms with van der Waals surface area (Å²) in [5.74, 6) is 0. The molecule has 4 heteroatoms. The van der Waals surface area contributed by atoms with E-state index in [1.54, 1.807) is 0 Å². The first-order chi connectivity index (χ1) is 7.62. The minimum Gasteiger partial charge on any atom is -0.352 e. The van der Waals surface area contributed by atoms with Crippen molar-refractivity contribution in [3.8, 4) is 0 Å². The quantitative estimate of drug-likeness (QED) is 0.656. The first-order valence-corrected chi connectivity index (χ1v) is 6.70. The highest BCUT2D eigenvalue weighted by Gasteiger charge is 2.24. The van der Waals surface area contributed by atoms with E-state index in [0.717, 1.165) is 12.8 Å². The zero-order valence-electron chi connectivity index (χ0n) is 10.6. The van der Waals surface area contributed by atoms with Gasteiger partial charge in [-0.1, -0.05) is 51.4 Å². The second-order valence-electron chi connectivity index (χ2n) is 5.38. The second-order valence-corrected chi connectivity index (χ2v) is 5.38. The standard InChI is InChI=1S/C12H25BN2O/c13-12(15-11(14)16)9-7-5-3-1-2-4-6-8-10-12/h1-10,13H2,(H3,14,15,16). The van der Waals surface area contributed by atoms with Crippen molar-refractivity contribution in [3.63, 3.8) is 0 Å². The molecule has 0 aliphatic heterocycles. The predicted molar refractivity (Wildman–Crippen MR) is 70.2 cm³/mol. The summed E-state index contributed by atoms with van der Waals surface area (Å²) in [5, 5.41) is 2.93. The topological polar surface area (TPSA) is 55.1 Å². The van der Waals surface area contributed by atoms with Crippen LogP contribution in [0.15, 0.2) is 0 Å². The zero-order valence-corrected chi connectivity index (χ0v) is 10.6. The van der Waals surface area contributed by atoms with Crippen LogP contribution < -0.4 is 11.1 Å². The Morgan fingerprint density at radius 2 is 1.31 bits per heavy atom. The number of rotatable bonds is 1. The lowest BCUT2D eigenvalue weighted by atomic mass is 9.70. The highest BCUT2D eigenvalue weighted by molar-refractivity contribution is 6.16. The molecule has 0 heterocycles. The minimum absolute atomic E-state index is 0.0732. The number of carbonyl (C=O) groups is 1. The maximum Gasteiger partial charge on any atom is 0.311 e. The van der Waals surface area contributed by atoms with Gasteiger partial charge >= 0.3 is 6.03 Å². The van der Waals surface area contributed by atoms with Gasteiger partial charge in [0, 0.05) is 5.44 Å². The summed E-state index contributed by atoms with van der Waals surface area (Å²) in [5.41, 5.74) is 5.18. The summed E-state index contributed by atoms with van der Waals surface area (Å²) in [4.78, 5) is 11.0. The van der Waals surface area contributed by atoms with Crippen LogP contribution in [0.25, 0.3) is 0 Å². The molecule has 1 saturated carbocycles. The van der Waals surface area contributed by atoms with Gasteiger partial charge in [-0.05, 0) is 12.8 Å². The summed E-state index contributed by atoms with van der Waals surface area (Å²) >= 11 is 0. The number of carbonyl (C=O) groups excluding carboxylic acids is 1. The lowest BCUT2D eigenvalue weighted by molar-refractivity contribution is 0.239. The molecule has 0 atom stereocenters. The van der Waals surface area contributed by atoms with E-state index >= 15 is 0 Å². The van der Waals surface area contributed by atoms with Crippen molar-refractivity contribution in [1.29, 1.82) is 0 Å². The minimum atomic E-state index is -0.377. The van der Waals surface area contributed by atoms with Gasteiger partial charge in [-0.25, -0.2) is 4.79 Å². The Labute approximate surface area is 100.0 Å². The van der Waals surface area contributed by atoms with E-state index in [4.69, 9.17) is 5.73 Å². The Hall–Kier alpha value is -0.665. The van der Waals surface area contributed by atoms with Crippen LogP contribution in [0.1, 0.15) is 64.2 Å². The largest absolute Gasteiger partial charge is 0.352 e. The Morgan fingerprint density at radius 3 is 1.69 bits per heavy atom. The summed E-state index contributed by atoms with van der Waals surface area (Å²) in [6.07, 6.45) is 12.5. The summed E-state index contributed by atoms with van der Waals surface area (Å²) < 4.78 is 0. The number of urea groups is 1. The van der Waals surface area contributed by atoms with Gasteiger partial charge in [-0.15, -0.1) is 0 Å². The molecule has 1 fully saturated rings. The molecule has 0 aromatic rings. The van der Waals surface area contributed by atoms with Gasteiger partial charge in [0.05, 0.1) is 0 Å². The monoisotopic (exact) mass is 224 g/mol. The van der Waals surface area contributed by atoms with E-state index in [2.05, 4.69) is 13.2 Å². The SMILES string of the molecule is BC1(NC(N)=O)CCCCCCCCCC1. The molecular formula is C12H25BN2O. The van der Waals surface area contributed by atoms with E-state index in [-0.39, 0.29) is 11.5 Å². The van der Waals surface area contributed by atoms with E-state index < -0.39 is 0 Å². The van der Waals surface area contributed by atoms with Crippen LogP contribution >= 0.6 is 0 Å². The number of amides is 2. The van der Waals surface area contributed by atoms with E-state index in [1.807, 2.05) is 0 Å². The molecule has 0 spiro atoms. The third kappa shape index (κ3) is 5.43. The van der Waals surface area contributed by atoms with Gasteiger partial charge in [0.15, 0.2) is 0 Å². The van der Waals surface area contributed by atoms with Crippen molar-refractivity contribution in [3.05, 3.63) is 0 Å².